The Balaban J connectivity index is 1.62. The minimum Gasteiger partial charge on any atom is -0.301 e. The zero-order valence-electron chi connectivity index (χ0n) is 18.7. The van der Waals surface area contributed by atoms with Crippen LogP contribution in [0.4, 0.5) is 4.39 Å². The zero-order chi connectivity index (χ0) is 21.5. The highest BCUT2D eigenvalue weighted by atomic mass is 19.1. The van der Waals surface area contributed by atoms with E-state index >= 15 is 0 Å². The first kappa shape index (κ1) is 22.2. The van der Waals surface area contributed by atoms with Gasteiger partial charge in [0.15, 0.2) is 12.4 Å². The molecule has 2 nitrogen and oxygen atoms in total. The fourth-order valence-corrected chi connectivity index (χ4v) is 4.07. The fourth-order valence-electron chi connectivity index (χ4n) is 4.07. The molecular weight excluding hydrogens is 371 g/mol. The van der Waals surface area contributed by atoms with Crippen molar-refractivity contribution in [2.45, 2.75) is 53.1 Å². The van der Waals surface area contributed by atoms with Gasteiger partial charge in [-0.15, -0.1) is 0 Å². The molecule has 1 heterocycles. The normalized spacial score (nSPS) is 13.2. The molecule has 0 radical (unpaired) electrons. The number of nitrogens with zero attached hydrogens (tertiary/aromatic N) is 2. The maximum atomic E-state index is 14.8. The topological polar surface area (TPSA) is 7.12 Å². The highest BCUT2D eigenvalue weighted by molar-refractivity contribution is 5.87. The zero-order valence-corrected chi connectivity index (χ0v) is 18.7. The van der Waals surface area contributed by atoms with Gasteiger partial charge >= 0.3 is 0 Å². The van der Waals surface area contributed by atoms with E-state index in [1.165, 1.54) is 17.4 Å². The van der Waals surface area contributed by atoms with Crippen molar-refractivity contribution in [3.63, 3.8) is 0 Å². The molecule has 158 valence electrons. The molecule has 0 aliphatic rings. The number of halogens is 1. The molecule has 30 heavy (non-hydrogen) atoms. The van der Waals surface area contributed by atoms with Crippen LogP contribution >= 0.6 is 0 Å². The van der Waals surface area contributed by atoms with Gasteiger partial charge in [-0.3, -0.25) is 0 Å². The lowest BCUT2D eigenvalue weighted by molar-refractivity contribution is -0.697. The summed E-state index contributed by atoms with van der Waals surface area (Å²) < 4.78 is 16.9. The lowest BCUT2D eigenvalue weighted by Crippen LogP contribution is -2.36. The largest absolute Gasteiger partial charge is 0.301 e. The van der Waals surface area contributed by atoms with Crippen molar-refractivity contribution in [1.82, 2.24) is 4.90 Å². The number of hydrogen-bond acceptors (Lipinski definition) is 1. The lowest BCUT2D eigenvalue weighted by atomic mass is 10.0. The molecular formula is C27H34FN2+. The molecule has 0 aliphatic carbocycles. The average molecular weight is 406 g/mol. The molecule has 0 N–H and O–H groups in total. The van der Waals surface area contributed by atoms with Crippen molar-refractivity contribution >= 4 is 22.7 Å². The van der Waals surface area contributed by atoms with E-state index in [0.717, 1.165) is 37.0 Å². The summed E-state index contributed by atoms with van der Waals surface area (Å²) in [6, 6.07) is 16.7. The average Bonchev–Trinajstić information content (AvgIpc) is 2.75. The van der Waals surface area contributed by atoms with Crippen molar-refractivity contribution in [3.05, 3.63) is 77.6 Å². The first-order valence-corrected chi connectivity index (χ1v) is 11.1. The van der Waals surface area contributed by atoms with Gasteiger partial charge in [0, 0.05) is 30.2 Å². The summed E-state index contributed by atoms with van der Waals surface area (Å²) in [5.74, 6) is -0.205. The summed E-state index contributed by atoms with van der Waals surface area (Å²) in [6.07, 6.45) is 7.87. The Morgan fingerprint density at radius 2 is 1.67 bits per heavy atom. The third kappa shape index (κ3) is 5.76. The van der Waals surface area contributed by atoms with Gasteiger partial charge in [0.05, 0.1) is 0 Å². The van der Waals surface area contributed by atoms with Gasteiger partial charge in [0.25, 0.3) is 0 Å². The van der Waals surface area contributed by atoms with Gasteiger partial charge in [-0.2, -0.15) is 0 Å². The fraction of sp³-hybridized carbons (Fsp3) is 0.370. The third-order valence-electron chi connectivity index (χ3n) is 5.95. The Morgan fingerprint density at radius 1 is 1.00 bits per heavy atom. The highest BCUT2D eigenvalue weighted by Crippen LogP contribution is 2.22. The van der Waals surface area contributed by atoms with Crippen LogP contribution in [0.25, 0.3) is 22.7 Å². The molecule has 0 saturated heterocycles. The number of benzene rings is 2. The second-order valence-electron chi connectivity index (χ2n) is 8.14. The van der Waals surface area contributed by atoms with Crippen LogP contribution < -0.4 is 4.57 Å². The van der Waals surface area contributed by atoms with Crippen LogP contribution in [-0.4, -0.2) is 24.0 Å². The molecule has 1 aromatic heterocycles. The van der Waals surface area contributed by atoms with Gasteiger partial charge in [0.1, 0.15) is 12.4 Å². The minimum atomic E-state index is -0.205. The van der Waals surface area contributed by atoms with Crippen LogP contribution in [0, 0.1) is 6.92 Å². The predicted molar refractivity (Wildman–Crippen MR) is 126 cm³/mol. The second kappa shape index (κ2) is 10.5. The van der Waals surface area contributed by atoms with Crippen LogP contribution in [0.1, 0.15) is 50.3 Å². The number of fused-ring (bicyclic) bond motifs is 1. The summed E-state index contributed by atoms with van der Waals surface area (Å²) in [7, 11) is 0. The van der Waals surface area contributed by atoms with Crippen molar-refractivity contribution in [2.75, 3.05) is 13.1 Å². The van der Waals surface area contributed by atoms with Gasteiger partial charge in [-0.05, 0) is 61.8 Å². The first-order chi connectivity index (χ1) is 14.5. The highest BCUT2D eigenvalue weighted by Gasteiger charge is 2.11. The molecule has 0 fully saturated rings. The Morgan fingerprint density at radius 3 is 2.37 bits per heavy atom. The molecule has 0 aliphatic heterocycles. The van der Waals surface area contributed by atoms with Crippen LogP contribution in [0.2, 0.25) is 0 Å². The van der Waals surface area contributed by atoms with E-state index in [2.05, 4.69) is 61.4 Å². The number of aryl methyl sites for hydroxylation is 2. The standard InChI is InChI=1S/C27H34FN2/c1-5-30(6-2)22(4)8-7-15-29-16-13-24(14-17-29)27(28)20-23-10-12-25-18-21(3)9-11-26(25)19-23/h9-14,16-20,22H,5-8,15H2,1-4H3/q+1/b27-20-. The number of rotatable bonds is 9. The Bertz CT molecular complexity index is 987. The maximum absolute atomic E-state index is 14.8. The summed E-state index contributed by atoms with van der Waals surface area (Å²) in [5.41, 5.74) is 2.73. The van der Waals surface area contributed by atoms with Gasteiger partial charge in [-0.25, -0.2) is 8.96 Å². The molecule has 3 heteroatoms. The molecule has 3 rings (SSSR count). The smallest absolute Gasteiger partial charge is 0.169 e. The van der Waals surface area contributed by atoms with Gasteiger partial charge in [-0.1, -0.05) is 49.7 Å². The van der Waals surface area contributed by atoms with Crippen molar-refractivity contribution in [3.8, 4) is 0 Å². The Labute approximate surface area is 180 Å². The summed E-state index contributed by atoms with van der Waals surface area (Å²) in [4.78, 5) is 2.49. The molecule has 0 spiro atoms. The van der Waals surface area contributed by atoms with Crippen LogP contribution in [-0.2, 0) is 6.54 Å². The van der Waals surface area contributed by atoms with Crippen LogP contribution in [0.15, 0.2) is 60.9 Å². The van der Waals surface area contributed by atoms with E-state index in [0.29, 0.717) is 11.6 Å². The van der Waals surface area contributed by atoms with Crippen LogP contribution in [0.3, 0.4) is 0 Å². The molecule has 2 aromatic carbocycles. The van der Waals surface area contributed by atoms with E-state index in [9.17, 15) is 4.39 Å². The summed E-state index contributed by atoms with van der Waals surface area (Å²) in [5, 5.41) is 2.32. The molecule has 0 saturated carbocycles. The molecule has 3 aromatic rings. The van der Waals surface area contributed by atoms with Crippen molar-refractivity contribution in [2.24, 2.45) is 0 Å². The Hall–Kier alpha value is -2.52. The summed E-state index contributed by atoms with van der Waals surface area (Å²) >= 11 is 0. The second-order valence-corrected chi connectivity index (χ2v) is 8.14. The number of pyridine rings is 1. The van der Waals surface area contributed by atoms with E-state index < -0.39 is 0 Å². The van der Waals surface area contributed by atoms with Gasteiger partial charge < -0.3 is 4.90 Å². The lowest BCUT2D eigenvalue weighted by Gasteiger charge is -2.25. The van der Waals surface area contributed by atoms with Crippen molar-refractivity contribution in [1.29, 1.82) is 0 Å². The van der Waals surface area contributed by atoms with Crippen molar-refractivity contribution < 1.29 is 8.96 Å². The maximum Gasteiger partial charge on any atom is 0.169 e. The minimum absolute atomic E-state index is 0.205. The van der Waals surface area contributed by atoms with Crippen LogP contribution in [0.5, 0.6) is 0 Å². The quantitative estimate of drug-likeness (QED) is 0.373. The van der Waals surface area contributed by atoms with E-state index in [1.807, 2.05) is 36.7 Å². The molecule has 0 bridgehead atoms. The molecule has 0 amide bonds. The van der Waals surface area contributed by atoms with E-state index in [1.54, 1.807) is 6.08 Å². The SMILES string of the molecule is CCN(CC)C(C)CCC[n+]1ccc(/C(F)=C/c2ccc3cc(C)ccc3c2)cc1. The number of hydrogen-bond donors (Lipinski definition) is 0. The monoisotopic (exact) mass is 405 g/mol. The Kier molecular flexibility index (Phi) is 7.75. The van der Waals surface area contributed by atoms with Gasteiger partial charge in [0.2, 0.25) is 0 Å². The molecule has 1 atom stereocenters. The summed E-state index contributed by atoms with van der Waals surface area (Å²) in [6.45, 7) is 12.0. The third-order valence-corrected chi connectivity index (χ3v) is 5.95. The predicted octanol–water partition coefficient (Wildman–Crippen LogP) is 6.41. The molecule has 1 unspecified atom stereocenters. The number of aromatic nitrogens is 1. The first-order valence-electron chi connectivity index (χ1n) is 11.1. The van der Waals surface area contributed by atoms with E-state index in [4.69, 9.17) is 0 Å². The van der Waals surface area contributed by atoms with E-state index in [-0.39, 0.29) is 5.83 Å².